The standard InChI is InChI=1S/C16H32N2/c1-5-15(6-2)7-8-18(12-15)16(11-17)9-14(10-16)13(3)4/h13-14H,5-12,17H2,1-4H3. The summed E-state index contributed by atoms with van der Waals surface area (Å²) >= 11 is 0. The highest BCUT2D eigenvalue weighted by Gasteiger charge is 2.51. The van der Waals surface area contributed by atoms with E-state index in [0.29, 0.717) is 11.0 Å². The first-order valence-electron chi connectivity index (χ1n) is 7.96. The normalized spacial score (nSPS) is 36.0. The van der Waals surface area contributed by atoms with Gasteiger partial charge in [-0.25, -0.2) is 0 Å². The molecular formula is C16H32N2. The molecule has 1 aliphatic heterocycles. The Bertz CT molecular complexity index is 275. The number of nitrogens with zero attached hydrogens (tertiary/aromatic N) is 1. The van der Waals surface area contributed by atoms with Gasteiger partial charge in [0, 0.05) is 18.6 Å². The molecule has 0 amide bonds. The molecule has 1 saturated heterocycles. The van der Waals surface area contributed by atoms with Crippen LogP contribution in [0.25, 0.3) is 0 Å². The van der Waals surface area contributed by atoms with Crippen LogP contribution in [0, 0.1) is 17.3 Å². The van der Waals surface area contributed by atoms with Crippen LogP contribution < -0.4 is 5.73 Å². The van der Waals surface area contributed by atoms with Crippen molar-refractivity contribution in [3.05, 3.63) is 0 Å². The highest BCUT2D eigenvalue weighted by molar-refractivity contribution is 5.07. The molecule has 0 spiro atoms. The van der Waals surface area contributed by atoms with E-state index >= 15 is 0 Å². The van der Waals surface area contributed by atoms with Gasteiger partial charge < -0.3 is 5.73 Å². The molecule has 2 rings (SSSR count). The summed E-state index contributed by atoms with van der Waals surface area (Å²) in [6.45, 7) is 12.9. The third kappa shape index (κ3) is 2.22. The van der Waals surface area contributed by atoms with Crippen LogP contribution in [0.5, 0.6) is 0 Å². The first-order chi connectivity index (χ1) is 8.51. The summed E-state index contributed by atoms with van der Waals surface area (Å²) in [6.07, 6.45) is 6.71. The van der Waals surface area contributed by atoms with Crippen LogP contribution in [0.2, 0.25) is 0 Å². The molecule has 2 heteroatoms. The van der Waals surface area contributed by atoms with Crippen molar-refractivity contribution in [1.29, 1.82) is 0 Å². The van der Waals surface area contributed by atoms with E-state index in [1.165, 1.54) is 45.2 Å². The van der Waals surface area contributed by atoms with Crippen molar-refractivity contribution in [3.8, 4) is 0 Å². The fraction of sp³-hybridized carbons (Fsp3) is 1.00. The zero-order chi connectivity index (χ0) is 13.4. The maximum absolute atomic E-state index is 6.14. The fourth-order valence-electron chi connectivity index (χ4n) is 4.11. The summed E-state index contributed by atoms with van der Waals surface area (Å²) < 4.78 is 0. The Kier molecular flexibility index (Phi) is 4.08. The van der Waals surface area contributed by atoms with Gasteiger partial charge >= 0.3 is 0 Å². The smallest absolute Gasteiger partial charge is 0.0337 e. The summed E-state index contributed by atoms with van der Waals surface area (Å²) in [6, 6.07) is 0. The molecular weight excluding hydrogens is 220 g/mol. The molecule has 106 valence electrons. The Balaban J connectivity index is 2.00. The molecule has 18 heavy (non-hydrogen) atoms. The first-order valence-corrected chi connectivity index (χ1v) is 7.96. The van der Waals surface area contributed by atoms with E-state index in [1.807, 2.05) is 0 Å². The minimum Gasteiger partial charge on any atom is -0.329 e. The lowest BCUT2D eigenvalue weighted by Gasteiger charge is -2.55. The summed E-state index contributed by atoms with van der Waals surface area (Å²) in [7, 11) is 0. The Morgan fingerprint density at radius 2 is 1.83 bits per heavy atom. The molecule has 0 bridgehead atoms. The van der Waals surface area contributed by atoms with Crippen molar-refractivity contribution in [2.24, 2.45) is 23.0 Å². The topological polar surface area (TPSA) is 29.3 Å². The van der Waals surface area contributed by atoms with Gasteiger partial charge in [-0.2, -0.15) is 0 Å². The van der Waals surface area contributed by atoms with Gasteiger partial charge in [-0.15, -0.1) is 0 Å². The molecule has 0 aromatic heterocycles. The Hall–Kier alpha value is -0.0800. The summed E-state index contributed by atoms with van der Waals surface area (Å²) in [5, 5.41) is 0. The van der Waals surface area contributed by atoms with Gasteiger partial charge in [0.2, 0.25) is 0 Å². The van der Waals surface area contributed by atoms with Gasteiger partial charge in [0.1, 0.15) is 0 Å². The molecule has 2 fully saturated rings. The average molecular weight is 252 g/mol. The second-order valence-electron chi connectivity index (χ2n) is 7.22. The van der Waals surface area contributed by atoms with Crippen molar-refractivity contribution in [1.82, 2.24) is 4.90 Å². The third-order valence-corrected chi connectivity index (χ3v) is 6.22. The van der Waals surface area contributed by atoms with Crippen LogP contribution in [-0.2, 0) is 0 Å². The van der Waals surface area contributed by atoms with E-state index in [4.69, 9.17) is 5.73 Å². The van der Waals surface area contributed by atoms with E-state index in [-0.39, 0.29) is 0 Å². The molecule has 0 aromatic carbocycles. The van der Waals surface area contributed by atoms with Gasteiger partial charge in [0.25, 0.3) is 0 Å². The van der Waals surface area contributed by atoms with Crippen LogP contribution in [0.3, 0.4) is 0 Å². The molecule has 2 nitrogen and oxygen atoms in total. The van der Waals surface area contributed by atoms with Gasteiger partial charge in [0.15, 0.2) is 0 Å². The first kappa shape index (κ1) is 14.3. The lowest BCUT2D eigenvalue weighted by atomic mass is 9.63. The predicted octanol–water partition coefficient (Wildman–Crippen LogP) is 3.26. The maximum Gasteiger partial charge on any atom is 0.0337 e. The highest BCUT2D eigenvalue weighted by Crippen LogP contribution is 2.50. The molecule has 0 atom stereocenters. The second-order valence-corrected chi connectivity index (χ2v) is 7.22. The van der Waals surface area contributed by atoms with Crippen LogP contribution in [0.1, 0.15) is 59.8 Å². The third-order valence-electron chi connectivity index (χ3n) is 6.22. The van der Waals surface area contributed by atoms with Crippen molar-refractivity contribution in [2.45, 2.75) is 65.3 Å². The average Bonchev–Trinajstić information content (AvgIpc) is 2.74. The van der Waals surface area contributed by atoms with Gasteiger partial charge in [0.05, 0.1) is 0 Å². The number of rotatable bonds is 5. The summed E-state index contributed by atoms with van der Waals surface area (Å²) in [4.78, 5) is 2.75. The number of likely N-dealkylation sites (tertiary alicyclic amines) is 1. The van der Waals surface area contributed by atoms with E-state index in [2.05, 4.69) is 32.6 Å². The molecule has 1 saturated carbocycles. The van der Waals surface area contributed by atoms with Crippen molar-refractivity contribution >= 4 is 0 Å². The summed E-state index contributed by atoms with van der Waals surface area (Å²) in [5.41, 5.74) is 7.09. The SMILES string of the molecule is CCC1(CC)CCN(C2(CN)CC(C(C)C)C2)C1. The quantitative estimate of drug-likeness (QED) is 0.814. The Morgan fingerprint density at radius 3 is 2.22 bits per heavy atom. The molecule has 2 N–H and O–H groups in total. The number of nitrogens with two attached hydrogens (primary N) is 1. The molecule has 2 aliphatic rings. The summed E-state index contributed by atoms with van der Waals surface area (Å²) in [5.74, 6) is 1.74. The van der Waals surface area contributed by atoms with Crippen molar-refractivity contribution < 1.29 is 0 Å². The van der Waals surface area contributed by atoms with E-state index in [0.717, 1.165) is 18.4 Å². The van der Waals surface area contributed by atoms with Crippen molar-refractivity contribution in [2.75, 3.05) is 19.6 Å². The lowest BCUT2D eigenvalue weighted by Crippen LogP contribution is -2.62. The molecule has 0 radical (unpaired) electrons. The Morgan fingerprint density at radius 1 is 1.22 bits per heavy atom. The lowest BCUT2D eigenvalue weighted by molar-refractivity contribution is -0.0280. The van der Waals surface area contributed by atoms with Crippen molar-refractivity contribution in [3.63, 3.8) is 0 Å². The second kappa shape index (κ2) is 5.13. The number of hydrogen-bond acceptors (Lipinski definition) is 2. The van der Waals surface area contributed by atoms with E-state index in [9.17, 15) is 0 Å². The van der Waals surface area contributed by atoms with Crippen LogP contribution in [-0.4, -0.2) is 30.1 Å². The monoisotopic (exact) mass is 252 g/mol. The minimum atomic E-state index is 0.362. The molecule has 1 heterocycles. The largest absolute Gasteiger partial charge is 0.329 e. The molecule has 0 aromatic rings. The predicted molar refractivity (Wildman–Crippen MR) is 78.6 cm³/mol. The Labute approximate surface area is 113 Å². The van der Waals surface area contributed by atoms with Crippen LogP contribution in [0.4, 0.5) is 0 Å². The minimum absolute atomic E-state index is 0.362. The zero-order valence-electron chi connectivity index (χ0n) is 12.8. The zero-order valence-corrected chi connectivity index (χ0v) is 12.8. The fourth-order valence-corrected chi connectivity index (χ4v) is 4.11. The van der Waals surface area contributed by atoms with Gasteiger partial charge in [-0.3, -0.25) is 4.90 Å². The number of hydrogen-bond donors (Lipinski definition) is 1. The maximum atomic E-state index is 6.14. The van der Waals surface area contributed by atoms with Crippen LogP contribution >= 0.6 is 0 Å². The molecule has 1 aliphatic carbocycles. The van der Waals surface area contributed by atoms with Crippen LogP contribution in [0.15, 0.2) is 0 Å². The highest BCUT2D eigenvalue weighted by atomic mass is 15.2. The van der Waals surface area contributed by atoms with E-state index in [1.54, 1.807) is 0 Å². The van der Waals surface area contributed by atoms with Gasteiger partial charge in [-0.05, 0) is 55.9 Å². The molecule has 0 unspecified atom stereocenters. The van der Waals surface area contributed by atoms with E-state index < -0.39 is 0 Å². The van der Waals surface area contributed by atoms with Gasteiger partial charge in [-0.1, -0.05) is 27.7 Å².